The van der Waals surface area contributed by atoms with Crippen LogP contribution in [0.5, 0.6) is 0 Å². The van der Waals surface area contributed by atoms with Crippen molar-refractivity contribution in [1.82, 2.24) is 0 Å². The first-order valence-electron chi connectivity index (χ1n) is 8.13. The Morgan fingerprint density at radius 1 is 0.739 bits per heavy atom. The van der Waals surface area contributed by atoms with Crippen molar-refractivity contribution in [2.24, 2.45) is 10.8 Å². The van der Waals surface area contributed by atoms with E-state index in [4.69, 9.17) is 0 Å². The van der Waals surface area contributed by atoms with Crippen LogP contribution in [0.15, 0.2) is 0 Å². The van der Waals surface area contributed by atoms with E-state index >= 15 is 0 Å². The van der Waals surface area contributed by atoms with E-state index in [-0.39, 0.29) is 109 Å². The molecule has 0 aliphatic heterocycles. The third-order valence-corrected chi connectivity index (χ3v) is 4.38. The van der Waals surface area contributed by atoms with Crippen LogP contribution in [-0.4, -0.2) is 11.9 Å². The molecule has 0 saturated heterocycles. The summed E-state index contributed by atoms with van der Waals surface area (Å²) in [5, 5.41) is 22.8. The molecule has 0 fully saturated rings. The Labute approximate surface area is 226 Å². The predicted molar refractivity (Wildman–Crippen MR) is 79.1 cm³/mol. The number of carbonyl (C=O) groups is 2. The first-order chi connectivity index (χ1) is 9.70. The van der Waals surface area contributed by atoms with E-state index in [0.29, 0.717) is 6.42 Å². The van der Waals surface area contributed by atoms with Crippen LogP contribution in [0.25, 0.3) is 0 Å². The molecule has 0 atom stereocenters. The molecule has 0 N–H and O–H groups in total. The van der Waals surface area contributed by atoms with Gasteiger partial charge in [-0.3, -0.25) is 0 Å². The molecule has 0 saturated carbocycles. The monoisotopic (exact) mass is 376 g/mol. The van der Waals surface area contributed by atoms with Gasteiger partial charge in [-0.25, -0.2) is 0 Å². The van der Waals surface area contributed by atoms with Crippen molar-refractivity contribution in [3.8, 4) is 0 Å². The minimum atomic E-state index is -1.91. The first kappa shape index (κ1) is 30.0. The number of carbonyl (C=O) groups excluding carboxylic acids is 2. The van der Waals surface area contributed by atoms with Crippen molar-refractivity contribution < 1.29 is 123 Å². The van der Waals surface area contributed by atoms with E-state index < -0.39 is 22.8 Å². The summed E-state index contributed by atoms with van der Waals surface area (Å²) in [6.45, 7) is 7.02. The number of hydrogen-bond donors (Lipinski definition) is 0. The zero-order chi connectivity index (χ0) is 16.5. The molecule has 0 unspecified atom stereocenters. The van der Waals surface area contributed by atoms with Crippen LogP contribution in [0, 0.1) is 10.8 Å². The molecule has 0 radical (unpaired) electrons. The number of aliphatic carboxylic acids is 2. The summed E-state index contributed by atoms with van der Waals surface area (Å²) in [6.07, 6.45) is 8.55. The molecule has 0 aromatic heterocycles. The fraction of sp³-hybridized carbons (Fsp3) is 0.882. The number of rotatable bonds is 11. The molecule has 0 amide bonds. The normalized spacial score (nSPS) is 11.3. The summed E-state index contributed by atoms with van der Waals surface area (Å²) in [4.78, 5) is 22.8. The zero-order valence-corrected chi connectivity index (χ0v) is 22.2. The van der Waals surface area contributed by atoms with E-state index in [0.717, 1.165) is 19.3 Å². The second kappa shape index (κ2) is 15.3. The topological polar surface area (TPSA) is 80.3 Å². The Morgan fingerprint density at radius 3 is 1.39 bits per heavy atom. The van der Waals surface area contributed by atoms with Gasteiger partial charge in [0, 0.05) is 0 Å². The molecule has 0 rings (SSSR count). The fourth-order valence-electron chi connectivity index (χ4n) is 2.80. The maximum atomic E-state index is 11.4. The molecule has 0 aromatic rings. The van der Waals surface area contributed by atoms with Gasteiger partial charge in [-0.2, -0.15) is 0 Å². The Hall–Kier alpha value is 2.21. The summed E-state index contributed by atoms with van der Waals surface area (Å²) in [5.41, 5.74) is -2.83. The van der Waals surface area contributed by atoms with Gasteiger partial charge >= 0.3 is 103 Å². The number of unbranched alkanes of at least 4 members (excludes halogenated alkanes) is 7. The number of carboxylic acid groups (broad SMARTS) is 2. The summed E-state index contributed by atoms with van der Waals surface area (Å²) >= 11 is 0. The Bertz CT molecular complexity index is 324. The second-order valence-electron chi connectivity index (χ2n) is 6.96. The fourth-order valence-corrected chi connectivity index (χ4v) is 2.80. The van der Waals surface area contributed by atoms with Crippen molar-refractivity contribution in [2.75, 3.05) is 0 Å². The molecule has 0 aliphatic carbocycles. The van der Waals surface area contributed by atoms with Crippen LogP contribution in [-0.2, 0) is 9.59 Å². The van der Waals surface area contributed by atoms with Crippen molar-refractivity contribution in [3.05, 3.63) is 0 Å². The van der Waals surface area contributed by atoms with Crippen LogP contribution < -0.4 is 113 Å². The molecule has 4 nitrogen and oxygen atoms in total. The maximum Gasteiger partial charge on any atom is 1.00 e. The standard InChI is InChI=1S/C17H32O4.2K/c1-5-6-7-8-9-10-11-12-13-17(14(18)19,15(20)21)16(2,3)4;;/h5-13H2,1-4H3,(H,18,19)(H,20,21);;/q;2*+1/p-2. The Kier molecular flexibility index (Phi) is 19.9. The van der Waals surface area contributed by atoms with E-state index in [2.05, 4.69) is 6.92 Å². The van der Waals surface area contributed by atoms with Gasteiger partial charge in [-0.15, -0.1) is 0 Å². The van der Waals surface area contributed by atoms with Gasteiger partial charge in [0.05, 0.1) is 17.4 Å². The maximum absolute atomic E-state index is 11.4. The third kappa shape index (κ3) is 10.2. The average Bonchev–Trinajstić information content (AvgIpc) is 2.34. The van der Waals surface area contributed by atoms with E-state index in [1.165, 1.54) is 25.7 Å². The average molecular weight is 377 g/mol. The van der Waals surface area contributed by atoms with Gasteiger partial charge < -0.3 is 19.8 Å². The van der Waals surface area contributed by atoms with Gasteiger partial charge in [-0.05, 0) is 11.8 Å². The van der Waals surface area contributed by atoms with Gasteiger partial charge in [-0.1, -0.05) is 79.1 Å². The smallest absolute Gasteiger partial charge is 0.549 e. The van der Waals surface area contributed by atoms with Crippen molar-refractivity contribution in [3.63, 3.8) is 0 Å². The number of carboxylic acids is 2. The molecule has 6 heteroatoms. The Morgan fingerprint density at radius 2 is 1.09 bits per heavy atom. The Balaban J connectivity index is -0.00000200. The molecule has 124 valence electrons. The van der Waals surface area contributed by atoms with Gasteiger partial charge in [0.15, 0.2) is 0 Å². The van der Waals surface area contributed by atoms with Gasteiger partial charge in [0.25, 0.3) is 0 Å². The molecule has 23 heavy (non-hydrogen) atoms. The van der Waals surface area contributed by atoms with Crippen LogP contribution in [0.1, 0.15) is 85.5 Å². The summed E-state index contributed by atoms with van der Waals surface area (Å²) in [7, 11) is 0. The number of hydrogen-bond acceptors (Lipinski definition) is 4. The minimum absolute atomic E-state index is 0. The van der Waals surface area contributed by atoms with Crippen LogP contribution in [0.3, 0.4) is 0 Å². The minimum Gasteiger partial charge on any atom is -0.549 e. The van der Waals surface area contributed by atoms with Crippen LogP contribution >= 0.6 is 0 Å². The summed E-state index contributed by atoms with van der Waals surface area (Å²) in [5.74, 6) is -3.06. The van der Waals surface area contributed by atoms with Gasteiger partial charge in [0.1, 0.15) is 0 Å². The SMILES string of the molecule is CCCCCCCCCCC(C(=O)[O-])(C(=O)[O-])C(C)(C)C.[K+].[K+]. The van der Waals surface area contributed by atoms with Crippen molar-refractivity contribution in [1.29, 1.82) is 0 Å². The molecule has 0 spiro atoms. The van der Waals surface area contributed by atoms with E-state index in [9.17, 15) is 19.8 Å². The largest absolute Gasteiger partial charge is 1.00 e. The first-order valence-corrected chi connectivity index (χ1v) is 8.13. The predicted octanol–water partition coefficient (Wildman–Crippen LogP) is -3.94. The second-order valence-corrected chi connectivity index (χ2v) is 6.96. The molecule has 0 heterocycles. The molecular weight excluding hydrogens is 346 g/mol. The van der Waals surface area contributed by atoms with E-state index in [1.54, 1.807) is 20.8 Å². The van der Waals surface area contributed by atoms with Crippen molar-refractivity contribution in [2.45, 2.75) is 85.5 Å². The van der Waals surface area contributed by atoms with Crippen LogP contribution in [0.4, 0.5) is 0 Å². The zero-order valence-electron chi connectivity index (χ0n) is 16.0. The third-order valence-electron chi connectivity index (χ3n) is 4.38. The van der Waals surface area contributed by atoms with Crippen molar-refractivity contribution >= 4 is 11.9 Å². The molecule has 0 aliphatic rings. The quantitative estimate of drug-likeness (QED) is 0.209. The molecular formula is C17H30K2O4. The molecule has 0 aromatic carbocycles. The van der Waals surface area contributed by atoms with E-state index in [1.807, 2.05) is 0 Å². The summed E-state index contributed by atoms with van der Waals surface area (Å²) < 4.78 is 0. The molecule has 0 bridgehead atoms. The van der Waals surface area contributed by atoms with Crippen LogP contribution in [0.2, 0.25) is 0 Å². The van der Waals surface area contributed by atoms with Gasteiger partial charge in [0.2, 0.25) is 0 Å². The summed E-state index contributed by atoms with van der Waals surface area (Å²) in [6, 6.07) is 0.